The Morgan fingerprint density at radius 1 is 0.962 bits per heavy atom. The van der Waals surface area contributed by atoms with E-state index in [0.717, 1.165) is 12.1 Å². The van der Waals surface area contributed by atoms with Gasteiger partial charge in [0.05, 0.1) is 17.2 Å². The van der Waals surface area contributed by atoms with Crippen LogP contribution in [0.4, 0.5) is 26.1 Å². The summed E-state index contributed by atoms with van der Waals surface area (Å²) in [4.78, 5) is 20.1. The monoisotopic (exact) mass is 351 g/mol. The minimum Gasteiger partial charge on any atom is -0.324 e. The highest BCUT2D eigenvalue weighted by molar-refractivity contribution is 6.03. The number of nitrogens with one attached hydrogen (secondary N) is 2. The van der Waals surface area contributed by atoms with Crippen LogP contribution in [0.2, 0.25) is 0 Å². The first kappa shape index (κ1) is 17.0. The second-order valence-corrected chi connectivity index (χ2v) is 5.19. The molecule has 0 fully saturated rings. The maximum Gasteiger partial charge on any atom is 0.258 e. The average molecular weight is 351 g/mol. The molecule has 0 bridgehead atoms. The molecule has 0 radical (unpaired) electrons. The first-order valence-corrected chi connectivity index (χ1v) is 7.41. The van der Waals surface area contributed by atoms with E-state index >= 15 is 0 Å². The predicted octanol–water partition coefficient (Wildman–Crippen LogP) is 3.62. The Labute approximate surface area is 147 Å². The highest BCUT2D eigenvalue weighted by Crippen LogP contribution is 2.16. The smallest absolute Gasteiger partial charge is 0.258 e. The Balaban J connectivity index is 1.67. The van der Waals surface area contributed by atoms with Crippen molar-refractivity contribution in [3.05, 3.63) is 77.6 Å². The molecule has 8 heteroatoms. The van der Waals surface area contributed by atoms with E-state index in [1.165, 1.54) is 18.5 Å². The van der Waals surface area contributed by atoms with Gasteiger partial charge in [-0.15, -0.1) is 0 Å². The third kappa shape index (κ3) is 3.96. The number of hydrogen-bond acceptors (Lipinski definition) is 5. The lowest BCUT2D eigenvalue weighted by molar-refractivity contribution is 0.102. The van der Waals surface area contributed by atoms with E-state index < -0.39 is 17.5 Å². The second kappa shape index (κ2) is 7.36. The fourth-order valence-corrected chi connectivity index (χ4v) is 2.04. The van der Waals surface area contributed by atoms with Crippen LogP contribution in [0.25, 0.3) is 0 Å². The number of hydrogen-bond donors (Lipinski definition) is 2. The number of benzene rings is 2. The van der Waals surface area contributed by atoms with E-state index in [9.17, 15) is 13.6 Å². The minimum absolute atomic E-state index is 0.119. The molecule has 6 nitrogen and oxygen atoms in total. The number of carbonyl (C=O) groups is 1. The largest absolute Gasteiger partial charge is 0.324 e. The zero-order chi connectivity index (χ0) is 18.5. The van der Waals surface area contributed by atoms with Crippen LogP contribution in [-0.2, 0) is 0 Å². The molecule has 1 amide bonds. The standard InChI is InChI=1S/C18H11F2N5O/c19-15-6-5-14(7-16(15)20)24-17(26)12-9-22-18(23-10-12)25-13-3-1-11(8-21)2-4-13/h1-7,9-10H,(H,24,26)(H,22,23,25). The Morgan fingerprint density at radius 3 is 2.23 bits per heavy atom. The minimum atomic E-state index is -1.05. The fourth-order valence-electron chi connectivity index (χ4n) is 2.04. The van der Waals surface area contributed by atoms with Gasteiger partial charge in [-0.25, -0.2) is 18.7 Å². The van der Waals surface area contributed by atoms with Crippen LogP contribution in [0.3, 0.4) is 0 Å². The van der Waals surface area contributed by atoms with Crippen LogP contribution < -0.4 is 10.6 Å². The Morgan fingerprint density at radius 2 is 1.62 bits per heavy atom. The molecule has 3 aromatic rings. The van der Waals surface area contributed by atoms with Gasteiger partial charge in [-0.2, -0.15) is 5.26 Å². The number of anilines is 3. The summed E-state index contributed by atoms with van der Waals surface area (Å²) < 4.78 is 26.1. The molecule has 0 atom stereocenters. The number of aromatic nitrogens is 2. The van der Waals surface area contributed by atoms with Crippen molar-refractivity contribution in [3.8, 4) is 6.07 Å². The number of nitrogens with zero attached hydrogens (tertiary/aromatic N) is 3. The summed E-state index contributed by atoms with van der Waals surface area (Å²) in [5.74, 6) is -2.34. The topological polar surface area (TPSA) is 90.7 Å². The van der Waals surface area contributed by atoms with Crippen molar-refractivity contribution >= 4 is 23.2 Å². The lowest BCUT2D eigenvalue weighted by Crippen LogP contribution is -2.13. The summed E-state index contributed by atoms with van der Waals surface area (Å²) in [5, 5.41) is 14.1. The lowest BCUT2D eigenvalue weighted by atomic mass is 10.2. The summed E-state index contributed by atoms with van der Waals surface area (Å²) in [7, 11) is 0. The number of amides is 1. The third-order valence-corrected chi connectivity index (χ3v) is 3.36. The average Bonchev–Trinajstić information content (AvgIpc) is 2.66. The number of rotatable bonds is 4. The van der Waals surface area contributed by atoms with Gasteiger partial charge in [-0.1, -0.05) is 0 Å². The maximum atomic E-state index is 13.2. The van der Waals surface area contributed by atoms with E-state index in [1.54, 1.807) is 24.3 Å². The van der Waals surface area contributed by atoms with Gasteiger partial charge in [0.2, 0.25) is 5.95 Å². The second-order valence-electron chi connectivity index (χ2n) is 5.19. The van der Waals surface area contributed by atoms with Gasteiger partial charge in [0.25, 0.3) is 5.91 Å². The van der Waals surface area contributed by atoms with Crippen molar-refractivity contribution in [1.29, 1.82) is 5.26 Å². The molecule has 0 saturated carbocycles. The summed E-state index contributed by atoms with van der Waals surface area (Å²) in [6.07, 6.45) is 2.60. The lowest BCUT2D eigenvalue weighted by Gasteiger charge is -2.07. The van der Waals surface area contributed by atoms with Crippen molar-refractivity contribution in [2.45, 2.75) is 0 Å². The molecular weight excluding hydrogens is 340 g/mol. The van der Waals surface area contributed by atoms with Crippen molar-refractivity contribution in [2.24, 2.45) is 0 Å². The Hall–Kier alpha value is -3.86. The van der Waals surface area contributed by atoms with Gasteiger partial charge in [0.1, 0.15) is 0 Å². The van der Waals surface area contributed by atoms with Crippen LogP contribution in [0.15, 0.2) is 54.9 Å². The summed E-state index contributed by atoms with van der Waals surface area (Å²) in [5.41, 5.74) is 1.48. The normalized spacial score (nSPS) is 10.0. The molecule has 0 aliphatic heterocycles. The van der Waals surface area contributed by atoms with Gasteiger partial charge >= 0.3 is 0 Å². The van der Waals surface area contributed by atoms with Crippen molar-refractivity contribution in [3.63, 3.8) is 0 Å². The van der Waals surface area contributed by atoms with Crippen LogP contribution in [0.1, 0.15) is 15.9 Å². The zero-order valence-corrected chi connectivity index (χ0v) is 13.2. The van der Waals surface area contributed by atoms with E-state index in [2.05, 4.69) is 20.6 Å². The number of halogens is 2. The molecule has 3 rings (SSSR count). The SMILES string of the molecule is N#Cc1ccc(Nc2ncc(C(=O)Nc3ccc(F)c(F)c3)cn2)cc1. The molecular formula is C18H11F2N5O. The van der Waals surface area contributed by atoms with E-state index in [1.807, 2.05) is 6.07 Å². The van der Waals surface area contributed by atoms with E-state index in [4.69, 9.17) is 5.26 Å². The van der Waals surface area contributed by atoms with Crippen molar-refractivity contribution in [1.82, 2.24) is 9.97 Å². The van der Waals surface area contributed by atoms with Gasteiger partial charge in [-0.05, 0) is 36.4 Å². The maximum absolute atomic E-state index is 13.2. The first-order chi connectivity index (χ1) is 12.5. The zero-order valence-electron chi connectivity index (χ0n) is 13.2. The first-order valence-electron chi connectivity index (χ1n) is 7.41. The number of carbonyl (C=O) groups excluding carboxylic acids is 1. The fraction of sp³-hybridized carbons (Fsp3) is 0. The molecule has 128 valence electrons. The molecule has 0 spiro atoms. The Bertz CT molecular complexity index is 982. The molecule has 0 unspecified atom stereocenters. The molecule has 2 aromatic carbocycles. The highest BCUT2D eigenvalue weighted by Gasteiger charge is 2.10. The summed E-state index contributed by atoms with van der Waals surface area (Å²) in [6.45, 7) is 0. The van der Waals surface area contributed by atoms with E-state index in [-0.39, 0.29) is 17.2 Å². The predicted molar refractivity (Wildman–Crippen MR) is 90.8 cm³/mol. The van der Waals surface area contributed by atoms with Crippen LogP contribution in [0.5, 0.6) is 0 Å². The number of nitriles is 1. The van der Waals surface area contributed by atoms with E-state index in [0.29, 0.717) is 11.3 Å². The molecule has 1 heterocycles. The third-order valence-electron chi connectivity index (χ3n) is 3.36. The summed E-state index contributed by atoms with van der Waals surface area (Å²) in [6, 6.07) is 11.8. The van der Waals surface area contributed by atoms with Crippen LogP contribution >= 0.6 is 0 Å². The van der Waals surface area contributed by atoms with Gasteiger partial charge in [-0.3, -0.25) is 4.79 Å². The molecule has 1 aromatic heterocycles. The van der Waals surface area contributed by atoms with Gasteiger partial charge < -0.3 is 10.6 Å². The Kier molecular flexibility index (Phi) is 4.80. The van der Waals surface area contributed by atoms with Crippen molar-refractivity contribution in [2.75, 3.05) is 10.6 Å². The van der Waals surface area contributed by atoms with Crippen LogP contribution in [0, 0.1) is 23.0 Å². The molecule has 26 heavy (non-hydrogen) atoms. The molecule has 0 aliphatic rings. The van der Waals surface area contributed by atoms with Gasteiger partial charge in [0, 0.05) is 29.8 Å². The van der Waals surface area contributed by atoms with Crippen LogP contribution in [-0.4, -0.2) is 15.9 Å². The molecule has 2 N–H and O–H groups in total. The van der Waals surface area contributed by atoms with Gasteiger partial charge in [0.15, 0.2) is 11.6 Å². The molecule has 0 aliphatic carbocycles. The van der Waals surface area contributed by atoms with Crippen molar-refractivity contribution < 1.29 is 13.6 Å². The molecule has 0 saturated heterocycles. The summed E-state index contributed by atoms with van der Waals surface area (Å²) >= 11 is 0. The highest BCUT2D eigenvalue weighted by atomic mass is 19.2. The quantitative estimate of drug-likeness (QED) is 0.749.